The Morgan fingerprint density at radius 1 is 0.200 bits per heavy atom. The molecular weight excluding hydrogens is 729 g/mol. The summed E-state index contributed by atoms with van der Waals surface area (Å²) in [5, 5.41) is 0. The largest absolute Gasteiger partial charge is 0.256 e. The lowest BCUT2D eigenvalue weighted by molar-refractivity contribution is 1.28. The van der Waals surface area contributed by atoms with Crippen molar-refractivity contribution in [3.8, 4) is 101 Å². The molecular formula is C56H38N4. The molecule has 0 saturated heterocycles. The second-order valence-corrected chi connectivity index (χ2v) is 14.7. The monoisotopic (exact) mass is 766 g/mol. The third-order valence-electron chi connectivity index (χ3n) is 11.0. The van der Waals surface area contributed by atoms with Crippen LogP contribution in [0.25, 0.3) is 101 Å². The summed E-state index contributed by atoms with van der Waals surface area (Å²) in [5.74, 6) is 0. The highest BCUT2D eigenvalue weighted by Gasteiger charge is 2.17. The van der Waals surface area contributed by atoms with Crippen molar-refractivity contribution in [1.29, 1.82) is 0 Å². The Morgan fingerprint density at radius 2 is 0.517 bits per heavy atom. The van der Waals surface area contributed by atoms with Crippen LogP contribution in [0.1, 0.15) is 0 Å². The van der Waals surface area contributed by atoms with Crippen LogP contribution in [0, 0.1) is 0 Å². The molecule has 4 nitrogen and oxygen atoms in total. The maximum atomic E-state index is 4.99. The minimum absolute atomic E-state index is 0.900. The molecule has 0 atom stereocenters. The van der Waals surface area contributed by atoms with Crippen molar-refractivity contribution in [2.24, 2.45) is 0 Å². The topological polar surface area (TPSA) is 51.6 Å². The Balaban J connectivity index is 1.12. The summed E-state index contributed by atoms with van der Waals surface area (Å²) in [6, 6.07) is 72.6. The van der Waals surface area contributed by atoms with E-state index in [0.29, 0.717) is 0 Å². The van der Waals surface area contributed by atoms with Gasteiger partial charge in [-0.05, 0) is 122 Å². The molecule has 0 aliphatic rings. The van der Waals surface area contributed by atoms with Crippen LogP contribution in [0.5, 0.6) is 0 Å². The number of hydrogen-bond acceptors (Lipinski definition) is 4. The zero-order valence-corrected chi connectivity index (χ0v) is 32.7. The lowest BCUT2D eigenvalue weighted by atomic mass is 9.86. The van der Waals surface area contributed by atoms with E-state index in [1.54, 1.807) is 0 Å². The highest BCUT2D eigenvalue weighted by atomic mass is 14.7. The Morgan fingerprint density at radius 3 is 0.883 bits per heavy atom. The van der Waals surface area contributed by atoms with E-state index >= 15 is 0 Å². The van der Waals surface area contributed by atoms with Gasteiger partial charge in [0.25, 0.3) is 0 Å². The second-order valence-electron chi connectivity index (χ2n) is 14.7. The van der Waals surface area contributed by atoms with Gasteiger partial charge in [-0.25, -0.2) is 0 Å². The molecule has 4 heterocycles. The number of pyridine rings is 4. The first-order valence-corrected chi connectivity index (χ1v) is 20.1. The van der Waals surface area contributed by atoms with Crippen molar-refractivity contribution in [2.75, 3.05) is 0 Å². The van der Waals surface area contributed by atoms with Crippen LogP contribution in [-0.4, -0.2) is 19.9 Å². The highest BCUT2D eigenvalue weighted by molar-refractivity contribution is 5.94. The van der Waals surface area contributed by atoms with Crippen molar-refractivity contribution in [3.63, 3.8) is 0 Å². The van der Waals surface area contributed by atoms with Gasteiger partial charge in [-0.1, -0.05) is 140 Å². The first kappa shape index (κ1) is 36.3. The fraction of sp³-hybridized carbons (Fsp3) is 0. The lowest BCUT2D eigenvalue weighted by Crippen LogP contribution is -1.93. The number of hydrogen-bond donors (Lipinski definition) is 0. The number of aromatic nitrogens is 4. The van der Waals surface area contributed by atoms with Crippen LogP contribution in [-0.2, 0) is 0 Å². The summed E-state index contributed by atoms with van der Waals surface area (Å²) >= 11 is 0. The van der Waals surface area contributed by atoms with E-state index in [4.69, 9.17) is 4.98 Å². The molecule has 0 N–H and O–H groups in total. The van der Waals surface area contributed by atoms with Gasteiger partial charge in [0.15, 0.2) is 0 Å². The van der Waals surface area contributed by atoms with Crippen molar-refractivity contribution >= 4 is 0 Å². The van der Waals surface area contributed by atoms with Gasteiger partial charge in [-0.2, -0.15) is 0 Å². The summed E-state index contributed by atoms with van der Waals surface area (Å²) in [6.07, 6.45) is 7.41. The summed E-state index contributed by atoms with van der Waals surface area (Å²) in [7, 11) is 0. The van der Waals surface area contributed by atoms with Crippen molar-refractivity contribution in [3.05, 3.63) is 231 Å². The maximum absolute atomic E-state index is 4.99. The highest BCUT2D eigenvalue weighted by Crippen LogP contribution is 2.42. The lowest BCUT2D eigenvalue weighted by Gasteiger charge is -2.18. The number of nitrogens with zero attached hydrogens (tertiary/aromatic N) is 4. The molecule has 10 rings (SSSR count). The van der Waals surface area contributed by atoms with Crippen LogP contribution < -0.4 is 0 Å². The van der Waals surface area contributed by atoms with Gasteiger partial charge in [0, 0.05) is 47.0 Å². The molecule has 0 aliphatic heterocycles. The first-order chi connectivity index (χ1) is 29.7. The summed E-state index contributed by atoms with van der Waals surface area (Å²) in [4.78, 5) is 18.7. The van der Waals surface area contributed by atoms with E-state index in [-0.39, 0.29) is 0 Å². The normalized spacial score (nSPS) is 11.0. The van der Waals surface area contributed by atoms with Crippen LogP contribution in [0.3, 0.4) is 0 Å². The molecule has 60 heavy (non-hydrogen) atoms. The van der Waals surface area contributed by atoms with Gasteiger partial charge < -0.3 is 0 Å². The third-order valence-corrected chi connectivity index (χ3v) is 11.0. The zero-order chi connectivity index (χ0) is 40.1. The van der Waals surface area contributed by atoms with Crippen molar-refractivity contribution in [2.45, 2.75) is 0 Å². The van der Waals surface area contributed by atoms with Gasteiger partial charge in [-0.3, -0.25) is 19.9 Å². The maximum Gasteiger partial charge on any atom is 0.0717 e. The average molecular weight is 767 g/mol. The minimum atomic E-state index is 0.900. The molecule has 0 radical (unpaired) electrons. The minimum Gasteiger partial charge on any atom is -0.256 e. The molecule has 0 bridgehead atoms. The predicted octanol–water partition coefficient (Wildman–Crippen LogP) is 14.3. The van der Waals surface area contributed by atoms with Crippen LogP contribution >= 0.6 is 0 Å². The van der Waals surface area contributed by atoms with E-state index in [1.807, 2.05) is 79.4 Å². The number of benzene rings is 6. The Kier molecular flexibility index (Phi) is 9.92. The Hall–Kier alpha value is -8.08. The van der Waals surface area contributed by atoms with Gasteiger partial charge in [0.2, 0.25) is 0 Å². The molecule has 0 unspecified atom stereocenters. The average Bonchev–Trinajstić information content (AvgIpc) is 3.35. The van der Waals surface area contributed by atoms with Crippen molar-refractivity contribution in [1.82, 2.24) is 19.9 Å². The quantitative estimate of drug-likeness (QED) is 0.147. The second kappa shape index (κ2) is 16.4. The molecule has 0 amide bonds. The van der Waals surface area contributed by atoms with E-state index in [2.05, 4.69) is 167 Å². The van der Waals surface area contributed by atoms with Gasteiger partial charge in [-0.15, -0.1) is 0 Å². The zero-order valence-electron chi connectivity index (χ0n) is 32.7. The molecule has 0 aliphatic carbocycles. The summed E-state index contributed by atoms with van der Waals surface area (Å²) in [5.41, 5.74) is 19.3. The smallest absolute Gasteiger partial charge is 0.0717 e. The van der Waals surface area contributed by atoms with Gasteiger partial charge in [0.1, 0.15) is 0 Å². The van der Waals surface area contributed by atoms with E-state index in [9.17, 15) is 0 Å². The molecule has 0 saturated carbocycles. The fourth-order valence-corrected chi connectivity index (χ4v) is 7.97. The van der Waals surface area contributed by atoms with Crippen molar-refractivity contribution < 1.29 is 0 Å². The van der Waals surface area contributed by atoms with Gasteiger partial charge in [0.05, 0.1) is 22.8 Å². The molecule has 10 aromatic rings. The molecule has 282 valence electrons. The first-order valence-electron chi connectivity index (χ1n) is 20.1. The standard InChI is InChI=1S/C56H38N4/c1-3-15-49(47(13-1)39-22-26-41(27-23-39)53-19-7-10-32-57-53)44-35-45(50-16-4-2-14-48(50)40-24-28-42(29-25-40)54-20-8-11-33-58-54)37-46(36-44)51-17-5-6-18-52(51)56-31-30-43(38-60-56)55-21-9-12-34-59-55/h1-38H. The van der Waals surface area contributed by atoms with E-state index < -0.39 is 0 Å². The van der Waals surface area contributed by atoms with Gasteiger partial charge >= 0.3 is 0 Å². The van der Waals surface area contributed by atoms with Crippen LogP contribution in [0.2, 0.25) is 0 Å². The predicted molar refractivity (Wildman–Crippen MR) is 247 cm³/mol. The SMILES string of the molecule is c1ccc(-c2ccc(-c3ccccc3-c3cc(-c4ccccc4-c4ccc(-c5ccccn5)cc4)cc(-c4ccccc4-c4ccc(-c5ccccn5)cn4)c3)cc2)nc1. The molecule has 4 heteroatoms. The fourth-order valence-electron chi connectivity index (χ4n) is 7.97. The van der Waals surface area contributed by atoms with Crippen LogP contribution in [0.15, 0.2) is 231 Å². The molecule has 0 fully saturated rings. The molecule has 4 aromatic heterocycles. The Bertz CT molecular complexity index is 2690. The number of rotatable bonds is 9. The summed E-state index contributed by atoms with van der Waals surface area (Å²) < 4.78 is 0. The Labute approximate surface area is 350 Å². The summed E-state index contributed by atoms with van der Waals surface area (Å²) in [6.45, 7) is 0. The third kappa shape index (κ3) is 7.42. The van der Waals surface area contributed by atoms with E-state index in [0.717, 1.165) is 101 Å². The van der Waals surface area contributed by atoms with E-state index in [1.165, 1.54) is 0 Å². The molecule has 6 aromatic carbocycles. The van der Waals surface area contributed by atoms with Crippen LogP contribution in [0.4, 0.5) is 0 Å². The molecule has 0 spiro atoms.